The average molecular weight is 268 g/mol. The Morgan fingerprint density at radius 1 is 1.28 bits per heavy atom. The second-order valence-electron chi connectivity index (χ2n) is 4.85. The third kappa shape index (κ3) is 5.03. The molecular formula is C13H21N2O2P. The van der Waals surface area contributed by atoms with E-state index in [-0.39, 0.29) is 5.91 Å². The summed E-state index contributed by atoms with van der Waals surface area (Å²) in [7, 11) is -2.73. The van der Waals surface area contributed by atoms with Crippen LogP contribution >= 0.6 is 7.29 Å². The molecule has 0 aliphatic heterocycles. The fourth-order valence-corrected chi connectivity index (χ4v) is 2.64. The minimum Gasteiger partial charge on any atom is -0.300 e. The molecule has 0 heterocycles. The number of nitrogens with one attached hydrogen (secondary N) is 2. The fourth-order valence-electron chi connectivity index (χ4n) is 1.43. The number of benzene rings is 1. The van der Waals surface area contributed by atoms with Crippen LogP contribution in [0.25, 0.3) is 0 Å². The Labute approximate surface area is 109 Å². The van der Waals surface area contributed by atoms with E-state index in [4.69, 9.17) is 0 Å². The van der Waals surface area contributed by atoms with Gasteiger partial charge in [0, 0.05) is 18.4 Å². The first-order valence-corrected chi connectivity index (χ1v) is 8.26. The number of amides is 1. The summed E-state index contributed by atoms with van der Waals surface area (Å²) in [6, 6.07) is 9.09. The fraction of sp³-hybridized carbons (Fsp3) is 0.462. The number of hydrogen-bond donors (Lipinski definition) is 2. The predicted molar refractivity (Wildman–Crippen MR) is 75.0 cm³/mol. The monoisotopic (exact) mass is 268 g/mol. The van der Waals surface area contributed by atoms with Crippen LogP contribution in [0.4, 0.5) is 0 Å². The van der Waals surface area contributed by atoms with Crippen LogP contribution < -0.4 is 15.9 Å². The van der Waals surface area contributed by atoms with Crippen molar-refractivity contribution in [3.8, 4) is 0 Å². The van der Waals surface area contributed by atoms with Gasteiger partial charge < -0.3 is 4.57 Å². The van der Waals surface area contributed by atoms with E-state index in [1.807, 2.05) is 18.2 Å². The average Bonchev–Trinajstić information content (AvgIpc) is 2.35. The molecule has 4 nitrogen and oxygen atoms in total. The van der Waals surface area contributed by atoms with Gasteiger partial charge in [-0.25, -0.2) is 0 Å². The molecule has 1 atom stereocenters. The standard InChI is InChI=1S/C13H21N2O2P/c1-11(2)9-10-13(16)14-15-18(3,17)12-7-5-4-6-8-12/h4-8,11H,9-10H2,1-3H3,(H,14,16)(H,15,17)/t18-/m1/s1. The van der Waals surface area contributed by atoms with Crippen LogP contribution in [0.5, 0.6) is 0 Å². The van der Waals surface area contributed by atoms with Crippen LogP contribution in [0, 0.1) is 5.92 Å². The Bertz CT molecular complexity index is 432. The van der Waals surface area contributed by atoms with Gasteiger partial charge in [0.25, 0.3) is 0 Å². The quantitative estimate of drug-likeness (QED) is 0.614. The van der Waals surface area contributed by atoms with Crippen molar-refractivity contribution in [3.63, 3.8) is 0 Å². The second kappa shape index (κ2) is 6.72. The molecule has 2 N–H and O–H groups in total. The van der Waals surface area contributed by atoms with Crippen molar-refractivity contribution in [3.05, 3.63) is 30.3 Å². The largest absolute Gasteiger partial charge is 0.300 e. The zero-order valence-corrected chi connectivity index (χ0v) is 12.0. The van der Waals surface area contributed by atoms with Crippen LogP contribution in [0.15, 0.2) is 30.3 Å². The molecule has 1 amide bonds. The van der Waals surface area contributed by atoms with Crippen molar-refractivity contribution >= 4 is 18.5 Å². The maximum atomic E-state index is 12.3. The summed E-state index contributed by atoms with van der Waals surface area (Å²) in [6.07, 6.45) is 1.27. The first kappa shape index (κ1) is 14.9. The van der Waals surface area contributed by atoms with Crippen LogP contribution in [-0.2, 0) is 9.36 Å². The molecule has 0 aromatic heterocycles. The molecule has 5 heteroatoms. The second-order valence-corrected chi connectivity index (χ2v) is 7.44. The molecule has 1 rings (SSSR count). The van der Waals surface area contributed by atoms with E-state index in [0.717, 1.165) is 6.42 Å². The van der Waals surface area contributed by atoms with E-state index in [1.165, 1.54) is 0 Å². The topological polar surface area (TPSA) is 58.2 Å². The van der Waals surface area contributed by atoms with Crippen molar-refractivity contribution in [1.82, 2.24) is 10.6 Å². The Hall–Kier alpha value is -1.12. The van der Waals surface area contributed by atoms with Gasteiger partial charge in [-0.1, -0.05) is 44.2 Å². The summed E-state index contributed by atoms with van der Waals surface area (Å²) in [5.74, 6) is 0.361. The highest BCUT2D eigenvalue weighted by Gasteiger charge is 2.18. The van der Waals surface area contributed by atoms with Crippen molar-refractivity contribution in [1.29, 1.82) is 0 Å². The smallest absolute Gasteiger partial charge is 0.234 e. The highest BCUT2D eigenvalue weighted by molar-refractivity contribution is 7.68. The SMILES string of the molecule is CC(C)CCC(=O)NN[P@](C)(=O)c1ccccc1. The van der Waals surface area contributed by atoms with Gasteiger partial charge in [-0.2, -0.15) is 5.20 Å². The molecule has 0 radical (unpaired) electrons. The maximum absolute atomic E-state index is 12.3. The molecular weight excluding hydrogens is 247 g/mol. The highest BCUT2D eigenvalue weighted by Crippen LogP contribution is 2.33. The van der Waals surface area contributed by atoms with Crippen molar-refractivity contribution < 1.29 is 9.36 Å². The third-order valence-electron chi connectivity index (χ3n) is 2.61. The molecule has 100 valence electrons. The Balaban J connectivity index is 2.48. The number of rotatable bonds is 6. The summed E-state index contributed by atoms with van der Waals surface area (Å²) in [6.45, 7) is 5.73. The molecule has 0 bridgehead atoms. The molecule has 0 aliphatic carbocycles. The van der Waals surface area contributed by atoms with Gasteiger partial charge in [0.2, 0.25) is 5.91 Å². The lowest BCUT2D eigenvalue weighted by molar-refractivity contribution is -0.121. The van der Waals surface area contributed by atoms with E-state index in [2.05, 4.69) is 24.5 Å². The van der Waals surface area contributed by atoms with E-state index in [9.17, 15) is 9.36 Å². The lowest BCUT2D eigenvalue weighted by atomic mass is 10.1. The summed E-state index contributed by atoms with van der Waals surface area (Å²) in [5.41, 5.74) is 2.52. The van der Waals surface area contributed by atoms with Crippen LogP contribution in [-0.4, -0.2) is 12.6 Å². The van der Waals surface area contributed by atoms with Crippen molar-refractivity contribution in [2.75, 3.05) is 6.66 Å². The van der Waals surface area contributed by atoms with Gasteiger partial charge in [-0.15, -0.1) is 0 Å². The molecule has 0 aliphatic rings. The summed E-state index contributed by atoms with van der Waals surface area (Å²) in [5, 5.41) is 3.36. The molecule has 0 spiro atoms. The molecule has 18 heavy (non-hydrogen) atoms. The summed E-state index contributed by atoms with van der Waals surface area (Å²) in [4.78, 5) is 11.5. The summed E-state index contributed by atoms with van der Waals surface area (Å²) < 4.78 is 12.3. The third-order valence-corrected chi connectivity index (χ3v) is 4.43. The van der Waals surface area contributed by atoms with Crippen LogP contribution in [0.1, 0.15) is 26.7 Å². The maximum Gasteiger partial charge on any atom is 0.234 e. The molecule has 1 aromatic carbocycles. The zero-order valence-electron chi connectivity index (χ0n) is 11.1. The number of hydrazine groups is 1. The minimum absolute atomic E-state index is 0.123. The number of hydrogen-bond acceptors (Lipinski definition) is 2. The van der Waals surface area contributed by atoms with E-state index >= 15 is 0 Å². The van der Waals surface area contributed by atoms with E-state index < -0.39 is 7.29 Å². The highest BCUT2D eigenvalue weighted by atomic mass is 31.2. The van der Waals surface area contributed by atoms with Crippen LogP contribution in [0.2, 0.25) is 0 Å². The molecule has 0 unspecified atom stereocenters. The normalized spacial score (nSPS) is 14.2. The molecule has 0 fully saturated rings. The first-order chi connectivity index (χ1) is 8.42. The lowest BCUT2D eigenvalue weighted by Gasteiger charge is -2.16. The van der Waals surface area contributed by atoms with Crippen molar-refractivity contribution in [2.24, 2.45) is 5.92 Å². The lowest BCUT2D eigenvalue weighted by Crippen LogP contribution is -2.37. The van der Waals surface area contributed by atoms with Gasteiger partial charge in [-0.3, -0.25) is 10.2 Å². The van der Waals surface area contributed by atoms with E-state index in [1.54, 1.807) is 18.8 Å². The molecule has 1 aromatic rings. The molecule has 0 saturated carbocycles. The summed E-state index contributed by atoms with van der Waals surface area (Å²) >= 11 is 0. The Morgan fingerprint density at radius 2 is 1.89 bits per heavy atom. The van der Waals surface area contributed by atoms with Gasteiger partial charge in [0.1, 0.15) is 0 Å². The predicted octanol–water partition coefficient (Wildman–Crippen LogP) is 2.28. The number of carbonyl (C=O) groups excluding carboxylic acids is 1. The zero-order chi connectivity index (χ0) is 13.6. The van der Waals surface area contributed by atoms with Gasteiger partial charge in [0.15, 0.2) is 7.29 Å². The van der Waals surface area contributed by atoms with Gasteiger partial charge in [-0.05, 0) is 12.3 Å². The van der Waals surface area contributed by atoms with Gasteiger partial charge >= 0.3 is 0 Å². The Morgan fingerprint density at radius 3 is 2.44 bits per heavy atom. The first-order valence-electron chi connectivity index (χ1n) is 6.11. The minimum atomic E-state index is -2.73. The Kier molecular flexibility index (Phi) is 5.57. The van der Waals surface area contributed by atoms with Gasteiger partial charge in [0.05, 0.1) is 0 Å². The van der Waals surface area contributed by atoms with Crippen molar-refractivity contribution in [2.45, 2.75) is 26.7 Å². The number of carbonyl (C=O) groups is 1. The van der Waals surface area contributed by atoms with E-state index in [0.29, 0.717) is 17.6 Å². The van der Waals surface area contributed by atoms with Crippen LogP contribution in [0.3, 0.4) is 0 Å². The molecule has 0 saturated heterocycles.